The van der Waals surface area contributed by atoms with Gasteiger partial charge in [-0.1, -0.05) is 18.2 Å². The maximum Gasteiger partial charge on any atom is 0.120 e. The topological polar surface area (TPSA) is 84.9 Å². The molecule has 0 amide bonds. The molecule has 0 bridgehead atoms. The second-order valence-corrected chi connectivity index (χ2v) is 9.24. The number of likely N-dealkylation sites (tertiary alicyclic amines) is 2. The zero-order valence-electron chi connectivity index (χ0n) is 18.6. The van der Waals surface area contributed by atoms with Gasteiger partial charge in [0.15, 0.2) is 0 Å². The van der Waals surface area contributed by atoms with E-state index in [0.717, 1.165) is 72.4 Å². The van der Waals surface area contributed by atoms with E-state index < -0.39 is 6.10 Å². The predicted molar refractivity (Wildman–Crippen MR) is 125 cm³/mol. The second kappa shape index (κ2) is 9.19. The number of hydrogen-bond acceptors (Lipinski definition) is 6. The minimum atomic E-state index is -0.520. The molecule has 1 unspecified atom stereocenters. The number of β-amino-alcohol motifs (C(OH)–C–C–N with tert-alkyl or cyclic N) is 2. The normalized spacial score (nSPS) is 19.8. The number of aryl methyl sites for hydroxylation is 1. The lowest BCUT2D eigenvalue weighted by Gasteiger charge is -2.45. The minimum absolute atomic E-state index is 0.136. The van der Waals surface area contributed by atoms with Crippen molar-refractivity contribution in [1.29, 1.82) is 0 Å². The summed E-state index contributed by atoms with van der Waals surface area (Å²) >= 11 is 0. The molecular formula is C25H32N4O3. The molecule has 170 valence electrons. The third-order valence-electron chi connectivity index (χ3n) is 6.83. The monoisotopic (exact) mass is 436 g/mol. The van der Waals surface area contributed by atoms with E-state index in [1.807, 2.05) is 25.3 Å². The molecule has 2 aliphatic heterocycles. The summed E-state index contributed by atoms with van der Waals surface area (Å²) in [5.74, 6) is 0.771. The van der Waals surface area contributed by atoms with Crippen LogP contribution in [-0.4, -0.2) is 87.8 Å². The number of fused-ring (bicyclic) bond motifs is 1. The summed E-state index contributed by atoms with van der Waals surface area (Å²) < 4.78 is 5.94. The second-order valence-electron chi connectivity index (χ2n) is 9.24. The molecule has 32 heavy (non-hydrogen) atoms. The van der Waals surface area contributed by atoms with Gasteiger partial charge in [0.1, 0.15) is 18.5 Å². The van der Waals surface area contributed by atoms with Crippen molar-refractivity contribution in [2.75, 3.05) is 39.3 Å². The van der Waals surface area contributed by atoms with E-state index in [-0.39, 0.29) is 12.7 Å². The Labute approximate surface area is 188 Å². The van der Waals surface area contributed by atoms with Crippen LogP contribution in [0.25, 0.3) is 21.9 Å². The van der Waals surface area contributed by atoms with Crippen molar-refractivity contribution in [3.63, 3.8) is 0 Å². The number of H-pyrrole nitrogens is 1. The van der Waals surface area contributed by atoms with Crippen LogP contribution in [-0.2, 0) is 0 Å². The van der Waals surface area contributed by atoms with Crippen LogP contribution in [0.4, 0.5) is 0 Å². The van der Waals surface area contributed by atoms with Crippen LogP contribution in [0.2, 0.25) is 0 Å². The van der Waals surface area contributed by atoms with Gasteiger partial charge in [0, 0.05) is 36.9 Å². The Morgan fingerprint density at radius 3 is 2.62 bits per heavy atom. The Bertz CT molecular complexity index is 1050. The summed E-state index contributed by atoms with van der Waals surface area (Å²) in [6.07, 6.45) is 3.40. The van der Waals surface area contributed by atoms with E-state index in [9.17, 15) is 10.2 Å². The molecule has 2 aliphatic rings. The van der Waals surface area contributed by atoms with E-state index in [1.54, 1.807) is 0 Å². The van der Waals surface area contributed by atoms with Crippen LogP contribution in [0.1, 0.15) is 18.5 Å². The molecule has 3 aromatic rings. The third-order valence-corrected chi connectivity index (χ3v) is 6.83. The Balaban J connectivity index is 1.14. The molecule has 3 heterocycles. The fraction of sp³-hybridized carbons (Fsp3) is 0.480. The molecule has 5 rings (SSSR count). The van der Waals surface area contributed by atoms with Gasteiger partial charge in [-0.25, -0.2) is 0 Å². The average Bonchev–Trinajstić information content (AvgIpc) is 3.21. The summed E-state index contributed by atoms with van der Waals surface area (Å²) in [6.45, 7) is 6.54. The molecule has 7 heteroatoms. The van der Waals surface area contributed by atoms with Gasteiger partial charge in [0.2, 0.25) is 0 Å². The lowest BCUT2D eigenvalue weighted by molar-refractivity contribution is -0.0430. The van der Waals surface area contributed by atoms with Crippen molar-refractivity contribution in [3.05, 3.63) is 48.3 Å². The number of aliphatic hydroxyl groups excluding tert-OH is 2. The van der Waals surface area contributed by atoms with Crippen molar-refractivity contribution in [1.82, 2.24) is 20.0 Å². The first-order chi connectivity index (χ1) is 15.5. The molecule has 1 atom stereocenters. The van der Waals surface area contributed by atoms with Crippen molar-refractivity contribution >= 4 is 10.8 Å². The molecule has 2 saturated heterocycles. The molecular weight excluding hydrogens is 404 g/mol. The zero-order valence-corrected chi connectivity index (χ0v) is 18.6. The molecule has 3 N–H and O–H groups in total. The Morgan fingerprint density at radius 2 is 1.91 bits per heavy atom. The molecule has 0 saturated carbocycles. The van der Waals surface area contributed by atoms with Crippen molar-refractivity contribution in [2.24, 2.45) is 0 Å². The van der Waals surface area contributed by atoms with Crippen LogP contribution >= 0.6 is 0 Å². The van der Waals surface area contributed by atoms with E-state index in [4.69, 9.17) is 4.74 Å². The SMILES string of the molecule is Cc1[nH]ncc1-c1ccc2ccc(OCC(O)CN3CCC(N4CC(O)C4)CC3)cc2c1. The first-order valence-corrected chi connectivity index (χ1v) is 11.5. The summed E-state index contributed by atoms with van der Waals surface area (Å²) in [4.78, 5) is 4.70. The van der Waals surface area contributed by atoms with Gasteiger partial charge < -0.3 is 19.8 Å². The third kappa shape index (κ3) is 4.66. The van der Waals surface area contributed by atoms with Crippen LogP contribution in [0.5, 0.6) is 5.75 Å². The number of nitrogens with zero attached hydrogens (tertiary/aromatic N) is 3. The number of aromatic amines is 1. The largest absolute Gasteiger partial charge is 0.491 e. The van der Waals surface area contributed by atoms with Crippen molar-refractivity contribution < 1.29 is 14.9 Å². The van der Waals surface area contributed by atoms with E-state index in [0.29, 0.717) is 12.6 Å². The molecule has 2 fully saturated rings. The van der Waals surface area contributed by atoms with Gasteiger partial charge in [-0.05, 0) is 67.4 Å². The van der Waals surface area contributed by atoms with Crippen LogP contribution in [0.3, 0.4) is 0 Å². The number of rotatable bonds is 7. The number of benzene rings is 2. The van der Waals surface area contributed by atoms with E-state index in [2.05, 4.69) is 44.3 Å². The number of nitrogens with one attached hydrogen (secondary N) is 1. The van der Waals surface area contributed by atoms with Gasteiger partial charge in [0.25, 0.3) is 0 Å². The standard InChI is InChI=1S/C25H32N4O3/c1-17-25(12-26-27-17)19-3-2-18-4-5-24(11-20(18)10-19)32-16-23(31)13-28-8-6-21(7-9-28)29-14-22(30)15-29/h2-5,10-12,21-23,30-31H,6-9,13-16H2,1H3,(H,26,27). The number of piperidine rings is 1. The summed E-state index contributed by atoms with van der Waals surface area (Å²) in [7, 11) is 0. The predicted octanol–water partition coefficient (Wildman–Crippen LogP) is 2.42. The van der Waals surface area contributed by atoms with E-state index >= 15 is 0 Å². The molecule has 0 spiro atoms. The lowest BCUT2D eigenvalue weighted by Crippen LogP contribution is -2.58. The van der Waals surface area contributed by atoms with Crippen LogP contribution in [0, 0.1) is 6.92 Å². The summed E-state index contributed by atoms with van der Waals surface area (Å²) in [5.41, 5.74) is 3.27. The molecule has 7 nitrogen and oxygen atoms in total. The summed E-state index contributed by atoms with van der Waals surface area (Å²) in [5, 5.41) is 29.4. The Morgan fingerprint density at radius 1 is 1.12 bits per heavy atom. The van der Waals surface area contributed by atoms with Gasteiger partial charge >= 0.3 is 0 Å². The fourth-order valence-electron chi connectivity index (χ4n) is 4.92. The zero-order chi connectivity index (χ0) is 22.1. The smallest absolute Gasteiger partial charge is 0.120 e. The molecule has 1 aromatic heterocycles. The Hall–Kier alpha value is -2.45. The fourth-order valence-corrected chi connectivity index (χ4v) is 4.92. The number of aliphatic hydroxyl groups is 2. The molecule has 2 aromatic carbocycles. The molecule has 0 radical (unpaired) electrons. The van der Waals surface area contributed by atoms with Crippen LogP contribution in [0.15, 0.2) is 42.6 Å². The first-order valence-electron chi connectivity index (χ1n) is 11.5. The maximum absolute atomic E-state index is 10.5. The highest BCUT2D eigenvalue weighted by molar-refractivity contribution is 5.88. The van der Waals surface area contributed by atoms with Gasteiger partial charge in [-0.3, -0.25) is 10.00 Å². The quantitative estimate of drug-likeness (QED) is 0.528. The van der Waals surface area contributed by atoms with Crippen molar-refractivity contribution in [2.45, 2.75) is 38.0 Å². The summed E-state index contributed by atoms with van der Waals surface area (Å²) in [6, 6.07) is 13.0. The van der Waals surface area contributed by atoms with Gasteiger partial charge in [0.05, 0.1) is 12.3 Å². The highest BCUT2D eigenvalue weighted by Gasteiger charge is 2.33. The maximum atomic E-state index is 10.5. The average molecular weight is 437 g/mol. The first kappa shape index (κ1) is 21.4. The highest BCUT2D eigenvalue weighted by Crippen LogP contribution is 2.28. The lowest BCUT2D eigenvalue weighted by atomic mass is 9.98. The van der Waals surface area contributed by atoms with Crippen LogP contribution < -0.4 is 4.74 Å². The number of ether oxygens (including phenoxy) is 1. The Kier molecular flexibility index (Phi) is 6.15. The van der Waals surface area contributed by atoms with E-state index in [1.165, 1.54) is 0 Å². The highest BCUT2D eigenvalue weighted by atomic mass is 16.5. The van der Waals surface area contributed by atoms with Crippen molar-refractivity contribution in [3.8, 4) is 16.9 Å². The number of hydrogen-bond donors (Lipinski definition) is 3. The molecule has 0 aliphatic carbocycles. The number of aromatic nitrogens is 2. The van der Waals surface area contributed by atoms with Gasteiger partial charge in [-0.2, -0.15) is 5.10 Å². The minimum Gasteiger partial charge on any atom is -0.491 e. The van der Waals surface area contributed by atoms with Gasteiger partial charge in [-0.15, -0.1) is 0 Å².